The van der Waals surface area contributed by atoms with Crippen molar-refractivity contribution >= 4 is 5.91 Å². The Hall–Kier alpha value is -2.23. The summed E-state index contributed by atoms with van der Waals surface area (Å²) in [5.41, 5.74) is 2.57. The average molecular weight is 213 g/mol. The van der Waals surface area contributed by atoms with Crippen molar-refractivity contribution in [3.8, 4) is 11.1 Å². The number of benzene rings is 1. The van der Waals surface area contributed by atoms with E-state index in [2.05, 4.69) is 15.3 Å². The fourth-order valence-electron chi connectivity index (χ4n) is 1.41. The summed E-state index contributed by atoms with van der Waals surface area (Å²) in [7, 11) is 1.61. The van der Waals surface area contributed by atoms with Gasteiger partial charge in [-0.05, 0) is 17.7 Å². The third-order valence-corrected chi connectivity index (χ3v) is 2.27. The van der Waals surface area contributed by atoms with Gasteiger partial charge in [-0.2, -0.15) is 0 Å². The van der Waals surface area contributed by atoms with Gasteiger partial charge in [-0.1, -0.05) is 12.1 Å². The summed E-state index contributed by atoms with van der Waals surface area (Å²) in [6.07, 6.45) is 4.96. The molecule has 0 saturated carbocycles. The van der Waals surface area contributed by atoms with E-state index >= 15 is 0 Å². The number of carbonyl (C=O) groups excluding carboxylic acids is 1. The van der Waals surface area contributed by atoms with Crippen molar-refractivity contribution in [3.63, 3.8) is 0 Å². The van der Waals surface area contributed by atoms with Crippen molar-refractivity contribution in [2.45, 2.75) is 0 Å². The SMILES string of the molecule is CNC(=O)c1ccc(-c2cncnc2)cc1. The Morgan fingerprint density at radius 1 is 1.06 bits per heavy atom. The van der Waals surface area contributed by atoms with Gasteiger partial charge in [-0.15, -0.1) is 0 Å². The minimum Gasteiger partial charge on any atom is -0.355 e. The predicted molar refractivity (Wildman–Crippen MR) is 60.9 cm³/mol. The molecular formula is C12H11N3O. The van der Waals surface area contributed by atoms with Crippen LogP contribution in [0.25, 0.3) is 11.1 Å². The van der Waals surface area contributed by atoms with Crippen LogP contribution in [0, 0.1) is 0 Å². The first-order chi connectivity index (χ1) is 7.81. The quantitative estimate of drug-likeness (QED) is 0.822. The molecule has 0 aliphatic rings. The van der Waals surface area contributed by atoms with E-state index < -0.39 is 0 Å². The highest BCUT2D eigenvalue weighted by Crippen LogP contribution is 2.17. The molecule has 1 aromatic carbocycles. The van der Waals surface area contributed by atoms with E-state index in [4.69, 9.17) is 0 Å². The molecule has 0 bridgehead atoms. The van der Waals surface area contributed by atoms with E-state index in [1.807, 2.05) is 12.1 Å². The minimum atomic E-state index is -0.0872. The third kappa shape index (κ3) is 2.06. The van der Waals surface area contributed by atoms with E-state index in [9.17, 15) is 4.79 Å². The van der Waals surface area contributed by atoms with Gasteiger partial charge in [0.05, 0.1) is 0 Å². The Bertz CT molecular complexity index is 479. The topological polar surface area (TPSA) is 54.9 Å². The Morgan fingerprint density at radius 2 is 1.69 bits per heavy atom. The molecule has 16 heavy (non-hydrogen) atoms. The van der Waals surface area contributed by atoms with Gasteiger partial charge in [0.2, 0.25) is 0 Å². The van der Waals surface area contributed by atoms with E-state index in [1.165, 1.54) is 6.33 Å². The Kier molecular flexibility index (Phi) is 2.91. The summed E-state index contributed by atoms with van der Waals surface area (Å²) in [6.45, 7) is 0. The fourth-order valence-corrected chi connectivity index (χ4v) is 1.41. The molecule has 0 unspecified atom stereocenters. The molecule has 0 spiro atoms. The molecule has 0 aliphatic carbocycles. The molecule has 0 fully saturated rings. The number of carbonyl (C=O) groups is 1. The number of amides is 1. The number of hydrogen-bond donors (Lipinski definition) is 1. The second-order valence-corrected chi connectivity index (χ2v) is 3.28. The summed E-state index contributed by atoms with van der Waals surface area (Å²) in [5, 5.41) is 2.58. The molecule has 4 heteroatoms. The number of nitrogens with zero attached hydrogens (tertiary/aromatic N) is 2. The lowest BCUT2D eigenvalue weighted by Gasteiger charge is -2.02. The van der Waals surface area contributed by atoms with E-state index in [0.29, 0.717) is 5.56 Å². The average Bonchev–Trinajstić information content (AvgIpc) is 2.39. The van der Waals surface area contributed by atoms with Crippen molar-refractivity contribution in [1.29, 1.82) is 0 Å². The van der Waals surface area contributed by atoms with Crippen LogP contribution in [0.4, 0.5) is 0 Å². The third-order valence-electron chi connectivity index (χ3n) is 2.27. The van der Waals surface area contributed by atoms with Crippen LogP contribution in [0.15, 0.2) is 43.0 Å². The fraction of sp³-hybridized carbons (Fsp3) is 0.0833. The van der Waals surface area contributed by atoms with Crippen LogP contribution in [0.2, 0.25) is 0 Å². The summed E-state index contributed by atoms with van der Waals surface area (Å²) in [6, 6.07) is 7.31. The lowest BCUT2D eigenvalue weighted by atomic mass is 10.1. The molecule has 0 aliphatic heterocycles. The lowest BCUT2D eigenvalue weighted by molar-refractivity contribution is 0.0963. The van der Waals surface area contributed by atoms with Crippen LogP contribution in [-0.4, -0.2) is 22.9 Å². The molecule has 1 heterocycles. The normalized spacial score (nSPS) is 9.81. The summed E-state index contributed by atoms with van der Waals surface area (Å²) in [4.78, 5) is 19.2. The Morgan fingerprint density at radius 3 is 2.25 bits per heavy atom. The molecule has 1 aromatic heterocycles. The molecule has 2 rings (SSSR count). The zero-order valence-electron chi connectivity index (χ0n) is 8.84. The van der Waals surface area contributed by atoms with Crippen LogP contribution in [0.5, 0.6) is 0 Å². The van der Waals surface area contributed by atoms with Gasteiger partial charge in [-0.3, -0.25) is 4.79 Å². The van der Waals surface area contributed by atoms with Crippen molar-refractivity contribution in [3.05, 3.63) is 48.5 Å². The first kappa shape index (κ1) is 10.3. The standard InChI is InChI=1S/C12H11N3O/c1-13-12(16)10-4-2-9(3-5-10)11-6-14-8-15-7-11/h2-8H,1H3,(H,13,16). The molecule has 0 atom stereocenters. The highest BCUT2D eigenvalue weighted by atomic mass is 16.1. The largest absolute Gasteiger partial charge is 0.355 e. The second-order valence-electron chi connectivity index (χ2n) is 3.28. The van der Waals surface area contributed by atoms with E-state index in [0.717, 1.165) is 11.1 Å². The van der Waals surface area contributed by atoms with Gasteiger partial charge >= 0.3 is 0 Å². The Labute approximate surface area is 93.4 Å². The summed E-state index contributed by atoms with van der Waals surface area (Å²) >= 11 is 0. The molecule has 80 valence electrons. The molecular weight excluding hydrogens is 202 g/mol. The zero-order valence-corrected chi connectivity index (χ0v) is 8.84. The second kappa shape index (κ2) is 4.53. The van der Waals surface area contributed by atoms with Crippen LogP contribution in [-0.2, 0) is 0 Å². The van der Waals surface area contributed by atoms with Crippen molar-refractivity contribution in [1.82, 2.24) is 15.3 Å². The number of hydrogen-bond acceptors (Lipinski definition) is 3. The summed E-state index contributed by atoms with van der Waals surface area (Å²) in [5.74, 6) is -0.0872. The number of rotatable bonds is 2. The molecule has 4 nitrogen and oxygen atoms in total. The van der Waals surface area contributed by atoms with Gasteiger partial charge in [0, 0.05) is 30.6 Å². The highest BCUT2D eigenvalue weighted by Gasteiger charge is 2.03. The van der Waals surface area contributed by atoms with Gasteiger partial charge in [0.1, 0.15) is 6.33 Å². The maximum Gasteiger partial charge on any atom is 0.251 e. The first-order valence-electron chi connectivity index (χ1n) is 4.89. The van der Waals surface area contributed by atoms with Crippen LogP contribution in [0.1, 0.15) is 10.4 Å². The van der Waals surface area contributed by atoms with E-state index in [-0.39, 0.29) is 5.91 Å². The van der Waals surface area contributed by atoms with Crippen LogP contribution < -0.4 is 5.32 Å². The number of nitrogens with one attached hydrogen (secondary N) is 1. The number of aromatic nitrogens is 2. The van der Waals surface area contributed by atoms with Gasteiger partial charge < -0.3 is 5.32 Å². The maximum absolute atomic E-state index is 11.3. The van der Waals surface area contributed by atoms with E-state index in [1.54, 1.807) is 31.6 Å². The Balaban J connectivity index is 2.30. The van der Waals surface area contributed by atoms with Gasteiger partial charge in [-0.25, -0.2) is 9.97 Å². The van der Waals surface area contributed by atoms with Crippen LogP contribution >= 0.6 is 0 Å². The monoisotopic (exact) mass is 213 g/mol. The molecule has 0 radical (unpaired) electrons. The van der Waals surface area contributed by atoms with Crippen molar-refractivity contribution in [2.24, 2.45) is 0 Å². The van der Waals surface area contributed by atoms with Crippen molar-refractivity contribution in [2.75, 3.05) is 7.05 Å². The lowest BCUT2D eigenvalue weighted by Crippen LogP contribution is -2.17. The smallest absolute Gasteiger partial charge is 0.251 e. The highest BCUT2D eigenvalue weighted by molar-refractivity contribution is 5.94. The molecule has 1 amide bonds. The van der Waals surface area contributed by atoms with Gasteiger partial charge in [0.15, 0.2) is 0 Å². The zero-order chi connectivity index (χ0) is 11.4. The molecule has 1 N–H and O–H groups in total. The van der Waals surface area contributed by atoms with Crippen LogP contribution in [0.3, 0.4) is 0 Å². The van der Waals surface area contributed by atoms with Crippen molar-refractivity contribution < 1.29 is 4.79 Å². The predicted octanol–water partition coefficient (Wildman–Crippen LogP) is 1.50. The maximum atomic E-state index is 11.3. The molecule has 0 saturated heterocycles. The minimum absolute atomic E-state index is 0.0872. The summed E-state index contributed by atoms with van der Waals surface area (Å²) < 4.78 is 0. The van der Waals surface area contributed by atoms with Gasteiger partial charge in [0.25, 0.3) is 5.91 Å². The first-order valence-corrected chi connectivity index (χ1v) is 4.89. The molecule has 2 aromatic rings.